The summed E-state index contributed by atoms with van der Waals surface area (Å²) >= 11 is 2.06. The molecule has 0 atom stereocenters. The molecule has 0 spiro atoms. The van der Waals surface area contributed by atoms with Crippen LogP contribution in [0.4, 0.5) is 5.95 Å². The molecule has 1 N–H and O–H groups in total. The molecular weight excluding hydrogens is 280 g/mol. The minimum atomic E-state index is 0.373. The molecule has 1 saturated carbocycles. The van der Waals surface area contributed by atoms with Gasteiger partial charge in [0.15, 0.2) is 0 Å². The summed E-state index contributed by atoms with van der Waals surface area (Å²) in [5.74, 6) is 2.06. The molecule has 3 rings (SSSR count). The summed E-state index contributed by atoms with van der Waals surface area (Å²) in [6.07, 6.45) is 5.83. The lowest BCUT2D eigenvalue weighted by atomic mass is 10.1. The molecule has 1 aromatic rings. The Kier molecular flexibility index (Phi) is 4.41. The topological polar surface area (TPSA) is 41.1 Å². The van der Waals surface area contributed by atoms with Crippen molar-refractivity contribution >= 4 is 17.7 Å². The van der Waals surface area contributed by atoms with Gasteiger partial charge < -0.3 is 10.2 Å². The van der Waals surface area contributed by atoms with E-state index in [1.807, 2.05) is 6.20 Å². The van der Waals surface area contributed by atoms with Gasteiger partial charge in [0.05, 0.1) is 0 Å². The second-order valence-corrected chi connectivity index (χ2v) is 8.58. The molecule has 2 aliphatic rings. The molecule has 1 aromatic heterocycles. The summed E-state index contributed by atoms with van der Waals surface area (Å²) in [6.45, 7) is 9.78. The van der Waals surface area contributed by atoms with Gasteiger partial charge in [-0.25, -0.2) is 9.97 Å². The quantitative estimate of drug-likeness (QED) is 0.926. The third-order valence-electron chi connectivity index (χ3n) is 4.35. The van der Waals surface area contributed by atoms with Crippen LogP contribution in [-0.2, 0) is 6.54 Å². The summed E-state index contributed by atoms with van der Waals surface area (Å²) in [4.78, 5) is 11.7. The molecule has 0 unspecified atom stereocenters. The van der Waals surface area contributed by atoms with E-state index >= 15 is 0 Å². The Hall–Kier alpha value is -0.810. The van der Waals surface area contributed by atoms with Gasteiger partial charge in [-0.15, -0.1) is 0 Å². The number of nitrogens with zero attached hydrogens (tertiary/aromatic N) is 3. The van der Waals surface area contributed by atoms with Crippen molar-refractivity contribution in [3.05, 3.63) is 17.5 Å². The normalized spacial score (nSPS) is 22.1. The molecule has 0 amide bonds. The second-order valence-electron chi connectivity index (χ2n) is 6.78. The zero-order valence-corrected chi connectivity index (χ0v) is 14.2. The maximum atomic E-state index is 4.75. The Balaban J connectivity index is 1.65. The summed E-state index contributed by atoms with van der Waals surface area (Å²) < 4.78 is 0.373. The first-order chi connectivity index (χ1) is 10.0. The van der Waals surface area contributed by atoms with E-state index in [9.17, 15) is 0 Å². The van der Waals surface area contributed by atoms with Crippen molar-refractivity contribution in [2.24, 2.45) is 0 Å². The smallest absolute Gasteiger partial charge is 0.225 e. The summed E-state index contributed by atoms with van der Waals surface area (Å²) in [5, 5.41) is 3.54. The van der Waals surface area contributed by atoms with Gasteiger partial charge in [0.1, 0.15) is 0 Å². The summed E-state index contributed by atoms with van der Waals surface area (Å²) in [5.41, 5.74) is 2.35. The molecule has 21 heavy (non-hydrogen) atoms. The highest BCUT2D eigenvalue weighted by Gasteiger charge is 2.25. The predicted molar refractivity (Wildman–Crippen MR) is 90.0 cm³/mol. The van der Waals surface area contributed by atoms with Crippen molar-refractivity contribution in [3.8, 4) is 0 Å². The number of hydrogen-bond acceptors (Lipinski definition) is 5. The third kappa shape index (κ3) is 4.10. The van der Waals surface area contributed by atoms with Crippen LogP contribution in [0, 0.1) is 6.92 Å². The average Bonchev–Trinajstić information content (AvgIpc) is 3.25. The molecule has 0 radical (unpaired) electrons. The van der Waals surface area contributed by atoms with Crippen LogP contribution in [0.2, 0.25) is 0 Å². The van der Waals surface area contributed by atoms with Crippen LogP contribution in [0.25, 0.3) is 0 Å². The lowest BCUT2D eigenvalue weighted by Gasteiger charge is -2.23. The van der Waals surface area contributed by atoms with Gasteiger partial charge >= 0.3 is 0 Å². The molecule has 4 nitrogen and oxygen atoms in total. The highest BCUT2D eigenvalue weighted by Crippen LogP contribution is 2.31. The van der Waals surface area contributed by atoms with Crippen molar-refractivity contribution < 1.29 is 0 Å². The van der Waals surface area contributed by atoms with E-state index in [1.165, 1.54) is 24.8 Å². The average molecular weight is 306 g/mol. The number of rotatable bonds is 4. The fourth-order valence-corrected chi connectivity index (χ4v) is 3.67. The molecule has 1 saturated heterocycles. The van der Waals surface area contributed by atoms with E-state index in [2.05, 4.69) is 47.7 Å². The number of thioether (sulfide) groups is 1. The Bertz CT molecular complexity index is 499. The van der Waals surface area contributed by atoms with Crippen LogP contribution in [-0.4, -0.2) is 39.6 Å². The highest BCUT2D eigenvalue weighted by atomic mass is 32.2. The van der Waals surface area contributed by atoms with Crippen molar-refractivity contribution in [1.82, 2.24) is 15.3 Å². The molecule has 5 heteroatoms. The Morgan fingerprint density at radius 3 is 2.90 bits per heavy atom. The van der Waals surface area contributed by atoms with E-state index in [4.69, 9.17) is 4.98 Å². The fraction of sp³-hybridized carbons (Fsp3) is 0.750. The lowest BCUT2D eigenvalue weighted by Crippen LogP contribution is -2.29. The van der Waals surface area contributed by atoms with Crippen LogP contribution >= 0.6 is 11.8 Å². The van der Waals surface area contributed by atoms with Gasteiger partial charge in [-0.1, -0.05) is 13.8 Å². The van der Waals surface area contributed by atoms with Gasteiger partial charge in [-0.05, 0) is 26.2 Å². The first-order valence-corrected chi connectivity index (χ1v) is 8.97. The van der Waals surface area contributed by atoms with Gasteiger partial charge in [0.2, 0.25) is 5.95 Å². The van der Waals surface area contributed by atoms with Gasteiger partial charge in [0, 0.05) is 53.6 Å². The fourth-order valence-electron chi connectivity index (χ4n) is 2.57. The molecule has 2 heterocycles. The van der Waals surface area contributed by atoms with Gasteiger partial charge in [0.25, 0.3) is 0 Å². The first kappa shape index (κ1) is 15.1. The minimum Gasteiger partial charge on any atom is -0.340 e. The van der Waals surface area contributed by atoms with Crippen molar-refractivity contribution in [2.45, 2.75) is 57.4 Å². The zero-order chi connectivity index (χ0) is 14.9. The van der Waals surface area contributed by atoms with Crippen LogP contribution in [0.5, 0.6) is 0 Å². The van der Waals surface area contributed by atoms with Crippen molar-refractivity contribution in [2.75, 3.05) is 23.7 Å². The van der Waals surface area contributed by atoms with Crippen LogP contribution in [0.3, 0.4) is 0 Å². The monoisotopic (exact) mass is 306 g/mol. The van der Waals surface area contributed by atoms with Crippen LogP contribution in [0.1, 0.15) is 44.4 Å². The minimum absolute atomic E-state index is 0.373. The Morgan fingerprint density at radius 2 is 2.19 bits per heavy atom. The molecule has 2 fully saturated rings. The largest absolute Gasteiger partial charge is 0.340 e. The molecule has 1 aliphatic carbocycles. The van der Waals surface area contributed by atoms with Crippen molar-refractivity contribution in [3.63, 3.8) is 0 Å². The maximum Gasteiger partial charge on any atom is 0.225 e. The molecule has 1 aliphatic heterocycles. The predicted octanol–water partition coefficient (Wildman–Crippen LogP) is 2.76. The third-order valence-corrected chi connectivity index (χ3v) is 5.72. The van der Waals surface area contributed by atoms with E-state index in [0.29, 0.717) is 4.75 Å². The summed E-state index contributed by atoms with van der Waals surface area (Å²) in [6, 6.07) is 0.730. The number of anilines is 1. The lowest BCUT2D eigenvalue weighted by molar-refractivity contribution is 0.629. The molecule has 0 bridgehead atoms. The number of nitrogens with one attached hydrogen (secondary N) is 1. The second kappa shape index (κ2) is 6.13. The van der Waals surface area contributed by atoms with E-state index in [0.717, 1.165) is 43.1 Å². The first-order valence-electron chi connectivity index (χ1n) is 7.98. The van der Waals surface area contributed by atoms with Crippen molar-refractivity contribution in [1.29, 1.82) is 0 Å². The molecule has 0 aromatic carbocycles. The zero-order valence-electron chi connectivity index (χ0n) is 13.4. The summed E-state index contributed by atoms with van der Waals surface area (Å²) in [7, 11) is 0. The maximum absolute atomic E-state index is 4.75. The Labute approximate surface area is 132 Å². The van der Waals surface area contributed by atoms with Crippen LogP contribution in [0.15, 0.2) is 6.20 Å². The van der Waals surface area contributed by atoms with E-state index in [-0.39, 0.29) is 0 Å². The Morgan fingerprint density at radius 1 is 1.38 bits per heavy atom. The SMILES string of the molecule is Cc1nc(N2CCSC(C)(C)CC2)ncc1CNC1CC1. The highest BCUT2D eigenvalue weighted by molar-refractivity contribution is 8.00. The number of aryl methyl sites for hydroxylation is 1. The van der Waals surface area contributed by atoms with E-state index in [1.54, 1.807) is 0 Å². The number of hydrogen-bond donors (Lipinski definition) is 1. The molecule has 116 valence electrons. The number of aromatic nitrogens is 2. The van der Waals surface area contributed by atoms with E-state index < -0.39 is 0 Å². The van der Waals surface area contributed by atoms with Crippen LogP contribution < -0.4 is 10.2 Å². The molecular formula is C16H26N4S. The van der Waals surface area contributed by atoms with Gasteiger partial charge in [-0.2, -0.15) is 11.8 Å². The standard InChI is InChI=1S/C16H26N4S/c1-12-13(10-17-14-4-5-14)11-18-15(19-12)20-7-6-16(2,3)21-9-8-20/h11,14,17H,4-10H2,1-3H3. The van der Waals surface area contributed by atoms with Gasteiger partial charge in [-0.3, -0.25) is 0 Å².